The highest BCUT2D eigenvalue weighted by atomic mass is 16.3. The lowest BCUT2D eigenvalue weighted by Gasteiger charge is -2.29. The summed E-state index contributed by atoms with van der Waals surface area (Å²) in [7, 11) is 5.89. The van der Waals surface area contributed by atoms with Gasteiger partial charge in [-0.05, 0) is 48.7 Å². The molecule has 1 aliphatic rings. The van der Waals surface area contributed by atoms with Gasteiger partial charge in [-0.25, -0.2) is 0 Å². The molecule has 1 N–H and O–H groups in total. The maximum Gasteiger partial charge on any atom is 0.200 e. The fourth-order valence-electron chi connectivity index (χ4n) is 3.61. The summed E-state index contributed by atoms with van der Waals surface area (Å²) in [5, 5.41) is 12.7. The maximum absolute atomic E-state index is 13.1. The molecule has 1 atom stereocenters. The number of aryl methyl sites for hydroxylation is 1. The van der Waals surface area contributed by atoms with Crippen LogP contribution in [0.15, 0.2) is 34.7 Å². The molecule has 3 nitrogen and oxygen atoms in total. The number of Topliss-reactive ketones (excluding diaryl/α,β-unsaturated/α-hetero) is 1. The molecule has 1 unspecified atom stereocenters. The first-order chi connectivity index (χ1) is 10.8. The summed E-state index contributed by atoms with van der Waals surface area (Å²) in [4.78, 5) is 13.1. The predicted octanol–water partition coefficient (Wildman–Crippen LogP) is 2.91. The minimum Gasteiger partial charge on any atom is -0.472 e. The van der Waals surface area contributed by atoms with E-state index in [1.165, 1.54) is 6.92 Å². The Morgan fingerprint density at radius 3 is 2.61 bits per heavy atom. The highest BCUT2D eigenvalue weighted by Gasteiger charge is 2.45. The van der Waals surface area contributed by atoms with Crippen LogP contribution < -0.4 is 5.66 Å². The molecule has 1 aliphatic carbocycles. The SMILES string of the molecule is [B]c1oc2c(c1C)C(C)(O)C(=O)c1c-2ccc2c(C)cccc12. The summed E-state index contributed by atoms with van der Waals surface area (Å²) in [6.45, 7) is 5.27. The van der Waals surface area contributed by atoms with E-state index in [-0.39, 0.29) is 11.4 Å². The van der Waals surface area contributed by atoms with Gasteiger partial charge in [-0.1, -0.05) is 24.3 Å². The van der Waals surface area contributed by atoms with Gasteiger partial charge < -0.3 is 9.52 Å². The Balaban J connectivity index is 2.21. The van der Waals surface area contributed by atoms with Crippen molar-refractivity contribution in [2.75, 3.05) is 0 Å². The third-order valence-corrected chi connectivity index (χ3v) is 4.86. The molecule has 2 aromatic carbocycles. The molecule has 112 valence electrons. The average Bonchev–Trinajstić information content (AvgIpc) is 2.81. The van der Waals surface area contributed by atoms with Crippen molar-refractivity contribution in [1.82, 2.24) is 0 Å². The standard InChI is InChI=1S/C19H15BO3/c1-9-5-4-6-12-11(9)7-8-13-14(12)17(21)19(3,22)15-10(2)18(20)23-16(13)15/h4-8,22H,1-3H3. The van der Waals surface area contributed by atoms with E-state index in [0.717, 1.165) is 16.3 Å². The van der Waals surface area contributed by atoms with Gasteiger partial charge >= 0.3 is 0 Å². The number of hydrogen-bond donors (Lipinski definition) is 1. The first kappa shape index (κ1) is 14.3. The van der Waals surface area contributed by atoms with Crippen LogP contribution in [0.2, 0.25) is 0 Å². The van der Waals surface area contributed by atoms with E-state index in [0.29, 0.717) is 28.0 Å². The van der Waals surface area contributed by atoms with Crippen LogP contribution in [-0.2, 0) is 5.60 Å². The van der Waals surface area contributed by atoms with E-state index < -0.39 is 5.60 Å². The molecule has 0 spiro atoms. The molecule has 0 saturated carbocycles. The van der Waals surface area contributed by atoms with Gasteiger partial charge in [0, 0.05) is 16.7 Å². The summed E-state index contributed by atoms with van der Waals surface area (Å²) in [5.74, 6) is 0.170. The molecular formula is C19H15BO3. The number of carbonyl (C=O) groups excluding carboxylic acids is 1. The number of fused-ring (bicyclic) bond motifs is 5. The lowest BCUT2D eigenvalue weighted by molar-refractivity contribution is 0.0384. The highest BCUT2D eigenvalue weighted by Crippen LogP contribution is 2.46. The van der Waals surface area contributed by atoms with E-state index in [2.05, 4.69) is 0 Å². The van der Waals surface area contributed by atoms with Gasteiger partial charge in [0.25, 0.3) is 0 Å². The van der Waals surface area contributed by atoms with Crippen molar-refractivity contribution in [3.8, 4) is 11.3 Å². The van der Waals surface area contributed by atoms with Crippen molar-refractivity contribution in [2.24, 2.45) is 0 Å². The predicted molar refractivity (Wildman–Crippen MR) is 90.4 cm³/mol. The average molecular weight is 302 g/mol. The summed E-state index contributed by atoms with van der Waals surface area (Å²) in [6.07, 6.45) is 0. The largest absolute Gasteiger partial charge is 0.472 e. The Hall–Kier alpha value is -2.33. The monoisotopic (exact) mass is 302 g/mol. The first-order valence-electron chi connectivity index (χ1n) is 7.53. The van der Waals surface area contributed by atoms with Crippen LogP contribution in [0.25, 0.3) is 22.1 Å². The number of furan rings is 1. The summed E-state index contributed by atoms with van der Waals surface area (Å²) in [6, 6.07) is 9.67. The normalized spacial score (nSPS) is 19.7. The van der Waals surface area contributed by atoms with Crippen LogP contribution in [0, 0.1) is 13.8 Å². The second-order valence-corrected chi connectivity index (χ2v) is 6.35. The molecule has 0 amide bonds. The number of rotatable bonds is 0. The van der Waals surface area contributed by atoms with Crippen LogP contribution in [-0.4, -0.2) is 18.7 Å². The van der Waals surface area contributed by atoms with E-state index >= 15 is 0 Å². The van der Waals surface area contributed by atoms with Crippen molar-refractivity contribution in [3.05, 3.63) is 52.6 Å². The maximum atomic E-state index is 13.1. The Morgan fingerprint density at radius 1 is 1.13 bits per heavy atom. The molecule has 0 saturated heterocycles. The molecule has 2 radical (unpaired) electrons. The molecule has 1 heterocycles. The zero-order valence-corrected chi connectivity index (χ0v) is 13.2. The van der Waals surface area contributed by atoms with Gasteiger partial charge in [-0.3, -0.25) is 4.79 Å². The van der Waals surface area contributed by atoms with Crippen molar-refractivity contribution < 1.29 is 14.3 Å². The van der Waals surface area contributed by atoms with Crippen molar-refractivity contribution in [2.45, 2.75) is 26.4 Å². The second-order valence-electron chi connectivity index (χ2n) is 6.35. The first-order valence-corrected chi connectivity index (χ1v) is 7.53. The number of aliphatic hydroxyl groups is 1. The number of benzene rings is 2. The second kappa shape index (κ2) is 4.36. The number of hydrogen-bond acceptors (Lipinski definition) is 3. The number of carbonyl (C=O) groups is 1. The van der Waals surface area contributed by atoms with E-state index in [1.54, 1.807) is 6.92 Å². The van der Waals surface area contributed by atoms with E-state index in [1.807, 2.05) is 37.3 Å². The zero-order valence-electron chi connectivity index (χ0n) is 13.2. The molecule has 0 bridgehead atoms. The van der Waals surface area contributed by atoms with Crippen LogP contribution in [0.5, 0.6) is 0 Å². The van der Waals surface area contributed by atoms with Crippen LogP contribution >= 0.6 is 0 Å². The molecule has 0 fully saturated rings. The molecule has 3 aromatic rings. The van der Waals surface area contributed by atoms with E-state index in [4.69, 9.17) is 12.3 Å². The molecule has 23 heavy (non-hydrogen) atoms. The van der Waals surface area contributed by atoms with Gasteiger partial charge in [0.05, 0.1) is 5.66 Å². The minimum absolute atomic E-state index is 0.236. The van der Waals surface area contributed by atoms with Gasteiger partial charge in [0.2, 0.25) is 0 Å². The minimum atomic E-state index is -1.65. The van der Waals surface area contributed by atoms with Gasteiger partial charge in [-0.15, -0.1) is 0 Å². The Bertz CT molecular complexity index is 996. The highest BCUT2D eigenvalue weighted by molar-refractivity contribution is 6.32. The lowest BCUT2D eigenvalue weighted by atomic mass is 9.75. The Morgan fingerprint density at radius 2 is 1.87 bits per heavy atom. The lowest BCUT2D eigenvalue weighted by Crippen LogP contribution is -2.36. The van der Waals surface area contributed by atoms with Gasteiger partial charge in [-0.2, -0.15) is 0 Å². The molecule has 4 heteroatoms. The van der Waals surface area contributed by atoms with Crippen molar-refractivity contribution in [3.63, 3.8) is 0 Å². The summed E-state index contributed by atoms with van der Waals surface area (Å²) >= 11 is 0. The fourth-order valence-corrected chi connectivity index (χ4v) is 3.61. The fraction of sp³-hybridized carbons (Fsp3) is 0.211. The quantitative estimate of drug-likeness (QED) is 0.650. The number of ketones is 1. The molecule has 0 aliphatic heterocycles. The Kier molecular flexibility index (Phi) is 2.71. The van der Waals surface area contributed by atoms with Crippen LogP contribution in [0.1, 0.15) is 34.0 Å². The molecule has 4 rings (SSSR count). The third-order valence-electron chi connectivity index (χ3n) is 4.86. The van der Waals surface area contributed by atoms with Gasteiger partial charge in [0.15, 0.2) is 19.2 Å². The van der Waals surface area contributed by atoms with Crippen LogP contribution in [0.3, 0.4) is 0 Å². The van der Waals surface area contributed by atoms with E-state index in [9.17, 15) is 9.90 Å². The van der Waals surface area contributed by atoms with Crippen molar-refractivity contribution in [1.29, 1.82) is 0 Å². The van der Waals surface area contributed by atoms with Crippen LogP contribution in [0.4, 0.5) is 0 Å². The summed E-state index contributed by atoms with van der Waals surface area (Å²) < 4.78 is 5.69. The van der Waals surface area contributed by atoms with Gasteiger partial charge in [0.1, 0.15) is 5.76 Å². The summed E-state index contributed by atoms with van der Waals surface area (Å²) in [5.41, 5.74) is 1.95. The molecular weight excluding hydrogens is 287 g/mol. The molecule has 1 aromatic heterocycles. The third kappa shape index (κ3) is 1.67. The van der Waals surface area contributed by atoms with Crippen molar-refractivity contribution >= 4 is 30.1 Å². The smallest absolute Gasteiger partial charge is 0.200 e. The zero-order chi connectivity index (χ0) is 16.5. The topological polar surface area (TPSA) is 50.4 Å². The Labute approximate surface area is 135 Å².